The fraction of sp³-hybridized carbons (Fsp3) is 0.250. The summed E-state index contributed by atoms with van der Waals surface area (Å²) in [6, 6.07) is 11.4. The smallest absolute Gasteiger partial charge is 0.273 e. The van der Waals surface area contributed by atoms with E-state index in [-0.39, 0.29) is 11.3 Å². The van der Waals surface area contributed by atoms with Crippen LogP contribution in [-0.4, -0.2) is 17.4 Å². The maximum absolute atomic E-state index is 12.5. The summed E-state index contributed by atoms with van der Waals surface area (Å²) in [6.45, 7) is 5.84. The summed E-state index contributed by atoms with van der Waals surface area (Å²) in [6.07, 6.45) is 0. The number of ether oxygens (including phenoxy) is 1. The fourth-order valence-electron chi connectivity index (χ4n) is 2.84. The van der Waals surface area contributed by atoms with Crippen LogP contribution in [0.1, 0.15) is 41.6 Å². The van der Waals surface area contributed by atoms with Gasteiger partial charge in [-0.25, -0.2) is 0 Å². The molecule has 1 aromatic heterocycles. The van der Waals surface area contributed by atoms with Gasteiger partial charge < -0.3 is 14.5 Å². The lowest BCUT2D eigenvalue weighted by molar-refractivity contribution is -0.385. The Kier molecular flexibility index (Phi) is 5.12. The molecule has 1 amide bonds. The predicted molar refractivity (Wildman–Crippen MR) is 101 cm³/mol. The van der Waals surface area contributed by atoms with E-state index in [1.165, 1.54) is 6.07 Å². The lowest BCUT2D eigenvalue weighted by Gasteiger charge is -2.11. The lowest BCUT2D eigenvalue weighted by atomic mass is 10.1. The summed E-state index contributed by atoms with van der Waals surface area (Å²) >= 11 is 0. The zero-order valence-corrected chi connectivity index (χ0v) is 15.3. The van der Waals surface area contributed by atoms with E-state index >= 15 is 0 Å². The first-order valence-corrected chi connectivity index (χ1v) is 8.62. The van der Waals surface area contributed by atoms with Crippen LogP contribution in [0.15, 0.2) is 46.9 Å². The maximum Gasteiger partial charge on any atom is 0.273 e. The molecular weight excluding hydrogens is 348 g/mol. The van der Waals surface area contributed by atoms with Gasteiger partial charge in [-0.1, -0.05) is 18.2 Å². The number of carbonyl (C=O) groups is 1. The number of hydrogen-bond donors (Lipinski definition) is 1. The van der Waals surface area contributed by atoms with Crippen LogP contribution in [-0.2, 0) is 0 Å². The Morgan fingerprint density at radius 1 is 1.30 bits per heavy atom. The second-order valence-corrected chi connectivity index (χ2v) is 6.21. The summed E-state index contributed by atoms with van der Waals surface area (Å²) in [4.78, 5) is 23.1. The SMILES string of the molecule is CCOc1cccc2cc(C(C)NC(=O)c3ccc(C)c([N+](=O)[O-])c3)oc12. The van der Waals surface area contributed by atoms with Crippen molar-refractivity contribution in [2.75, 3.05) is 6.61 Å². The Hall–Kier alpha value is -3.35. The molecule has 27 heavy (non-hydrogen) atoms. The molecule has 2 aromatic carbocycles. The van der Waals surface area contributed by atoms with Crippen molar-refractivity contribution in [3.05, 3.63) is 69.5 Å². The third kappa shape index (κ3) is 3.76. The second kappa shape index (κ2) is 7.49. The Balaban J connectivity index is 1.83. The standard InChI is InChI=1S/C20H20N2O5/c1-4-26-17-7-5-6-14-11-18(27-19(14)17)13(3)21-20(23)15-9-8-12(2)16(10-15)22(24)25/h5-11,13H,4H2,1-3H3,(H,21,23). The number of nitro benzene ring substituents is 1. The molecule has 7 nitrogen and oxygen atoms in total. The summed E-state index contributed by atoms with van der Waals surface area (Å²) in [7, 11) is 0. The van der Waals surface area contributed by atoms with Crippen molar-refractivity contribution in [3.63, 3.8) is 0 Å². The van der Waals surface area contributed by atoms with Crippen LogP contribution in [0, 0.1) is 17.0 Å². The maximum atomic E-state index is 12.5. The highest BCUT2D eigenvalue weighted by atomic mass is 16.6. The minimum atomic E-state index is -0.496. The van der Waals surface area contributed by atoms with Gasteiger partial charge in [0.15, 0.2) is 11.3 Å². The molecule has 1 N–H and O–H groups in total. The summed E-state index contributed by atoms with van der Waals surface area (Å²) < 4.78 is 11.4. The third-order valence-corrected chi connectivity index (χ3v) is 4.27. The topological polar surface area (TPSA) is 94.6 Å². The van der Waals surface area contributed by atoms with Gasteiger partial charge in [0.25, 0.3) is 11.6 Å². The monoisotopic (exact) mass is 368 g/mol. The number of benzene rings is 2. The molecule has 0 radical (unpaired) electrons. The Bertz CT molecular complexity index is 1010. The highest BCUT2D eigenvalue weighted by Gasteiger charge is 2.19. The largest absolute Gasteiger partial charge is 0.490 e. The van der Waals surface area contributed by atoms with E-state index in [2.05, 4.69) is 5.32 Å². The first-order valence-electron chi connectivity index (χ1n) is 8.62. The van der Waals surface area contributed by atoms with Crippen LogP contribution in [0.3, 0.4) is 0 Å². The van der Waals surface area contributed by atoms with Crippen molar-refractivity contribution in [3.8, 4) is 5.75 Å². The number of nitrogens with zero attached hydrogens (tertiary/aromatic N) is 1. The molecule has 3 aromatic rings. The molecule has 1 heterocycles. The number of hydrogen-bond acceptors (Lipinski definition) is 5. The van der Waals surface area contributed by atoms with Gasteiger partial charge >= 0.3 is 0 Å². The molecule has 0 saturated heterocycles. The molecule has 0 saturated carbocycles. The number of fused-ring (bicyclic) bond motifs is 1. The molecule has 0 fully saturated rings. The van der Waals surface area contributed by atoms with Gasteiger partial charge in [-0.05, 0) is 39.0 Å². The van der Waals surface area contributed by atoms with E-state index < -0.39 is 16.9 Å². The van der Waals surface area contributed by atoms with Crippen LogP contribution < -0.4 is 10.1 Å². The van der Waals surface area contributed by atoms with Gasteiger partial charge in [0, 0.05) is 22.6 Å². The molecule has 0 aliphatic rings. The minimum absolute atomic E-state index is 0.0830. The van der Waals surface area contributed by atoms with Gasteiger partial charge in [-0.15, -0.1) is 0 Å². The Morgan fingerprint density at radius 2 is 2.07 bits per heavy atom. The summed E-state index contributed by atoms with van der Waals surface area (Å²) in [5.41, 5.74) is 1.28. The second-order valence-electron chi connectivity index (χ2n) is 6.21. The number of para-hydroxylation sites is 1. The third-order valence-electron chi connectivity index (χ3n) is 4.27. The van der Waals surface area contributed by atoms with Gasteiger partial charge in [0.1, 0.15) is 5.76 Å². The van der Waals surface area contributed by atoms with Crippen molar-refractivity contribution in [1.82, 2.24) is 5.32 Å². The molecule has 0 aliphatic heterocycles. The van der Waals surface area contributed by atoms with Gasteiger partial charge in [-0.2, -0.15) is 0 Å². The van der Waals surface area contributed by atoms with E-state index in [1.54, 1.807) is 26.0 Å². The van der Waals surface area contributed by atoms with E-state index in [0.29, 0.717) is 29.3 Å². The molecule has 0 aliphatic carbocycles. The molecule has 1 unspecified atom stereocenters. The van der Waals surface area contributed by atoms with Gasteiger partial charge in [0.05, 0.1) is 17.6 Å². The van der Waals surface area contributed by atoms with Crippen molar-refractivity contribution in [2.45, 2.75) is 26.8 Å². The number of carbonyl (C=O) groups excluding carboxylic acids is 1. The highest BCUT2D eigenvalue weighted by Crippen LogP contribution is 2.31. The molecule has 0 bridgehead atoms. The minimum Gasteiger partial charge on any atom is -0.490 e. The first kappa shape index (κ1) is 18.4. The van der Waals surface area contributed by atoms with Crippen LogP contribution in [0.5, 0.6) is 5.75 Å². The lowest BCUT2D eigenvalue weighted by Crippen LogP contribution is -2.26. The van der Waals surface area contributed by atoms with Crippen molar-refractivity contribution >= 4 is 22.6 Å². The zero-order chi connectivity index (χ0) is 19.6. The number of nitro groups is 1. The Morgan fingerprint density at radius 3 is 2.78 bits per heavy atom. The number of furan rings is 1. The zero-order valence-electron chi connectivity index (χ0n) is 15.3. The molecular formula is C20H20N2O5. The van der Waals surface area contributed by atoms with Gasteiger partial charge in [-0.3, -0.25) is 14.9 Å². The van der Waals surface area contributed by atoms with Gasteiger partial charge in [0.2, 0.25) is 0 Å². The average molecular weight is 368 g/mol. The molecule has 3 rings (SSSR count). The van der Waals surface area contributed by atoms with E-state index in [0.717, 1.165) is 5.39 Å². The fourth-order valence-corrected chi connectivity index (χ4v) is 2.84. The number of rotatable bonds is 6. The average Bonchev–Trinajstić information content (AvgIpc) is 3.07. The summed E-state index contributed by atoms with van der Waals surface area (Å²) in [5, 5.41) is 14.8. The number of amides is 1. The molecule has 140 valence electrons. The van der Waals surface area contributed by atoms with Crippen LogP contribution in [0.2, 0.25) is 0 Å². The Labute approximate surface area is 156 Å². The van der Waals surface area contributed by atoms with E-state index in [9.17, 15) is 14.9 Å². The van der Waals surface area contributed by atoms with E-state index in [1.807, 2.05) is 31.2 Å². The van der Waals surface area contributed by atoms with Crippen molar-refractivity contribution in [2.24, 2.45) is 0 Å². The summed E-state index contributed by atoms with van der Waals surface area (Å²) in [5.74, 6) is 0.817. The van der Waals surface area contributed by atoms with Crippen LogP contribution in [0.4, 0.5) is 5.69 Å². The van der Waals surface area contributed by atoms with Crippen molar-refractivity contribution in [1.29, 1.82) is 0 Å². The van der Waals surface area contributed by atoms with Crippen molar-refractivity contribution < 1.29 is 18.9 Å². The van der Waals surface area contributed by atoms with Crippen LogP contribution >= 0.6 is 0 Å². The number of aryl methyl sites for hydroxylation is 1. The highest BCUT2D eigenvalue weighted by molar-refractivity contribution is 5.95. The van der Waals surface area contributed by atoms with Crippen LogP contribution in [0.25, 0.3) is 11.0 Å². The van der Waals surface area contributed by atoms with E-state index in [4.69, 9.17) is 9.15 Å². The quantitative estimate of drug-likeness (QED) is 0.509. The predicted octanol–water partition coefficient (Wildman–Crippen LogP) is 4.54. The molecule has 1 atom stereocenters. The number of nitrogens with one attached hydrogen (secondary N) is 1. The molecule has 7 heteroatoms. The molecule has 0 spiro atoms. The first-order chi connectivity index (χ1) is 12.9. The normalized spacial score (nSPS) is 12.0.